The lowest BCUT2D eigenvalue weighted by Gasteiger charge is -2.09. The van der Waals surface area contributed by atoms with E-state index < -0.39 is 10.0 Å². The molecule has 0 atom stereocenters. The van der Waals surface area contributed by atoms with Gasteiger partial charge in [-0.2, -0.15) is 5.10 Å². The fourth-order valence-corrected chi connectivity index (χ4v) is 3.67. The van der Waals surface area contributed by atoms with Crippen molar-refractivity contribution in [2.75, 3.05) is 16.6 Å². The summed E-state index contributed by atoms with van der Waals surface area (Å²) in [6, 6.07) is 3.45. The van der Waals surface area contributed by atoms with Crippen LogP contribution in [0.1, 0.15) is 37.6 Å². The van der Waals surface area contributed by atoms with Crippen LogP contribution in [0.3, 0.4) is 0 Å². The van der Waals surface area contributed by atoms with Gasteiger partial charge < -0.3 is 5.32 Å². The number of anilines is 2. The van der Waals surface area contributed by atoms with Gasteiger partial charge in [-0.25, -0.2) is 13.4 Å². The molecule has 23 heavy (non-hydrogen) atoms. The maximum absolute atomic E-state index is 12.4. The van der Waals surface area contributed by atoms with E-state index in [1.165, 1.54) is 12.8 Å². The van der Waals surface area contributed by atoms with Crippen molar-refractivity contribution < 1.29 is 8.42 Å². The Kier molecular flexibility index (Phi) is 5.59. The third kappa shape index (κ3) is 4.44. The summed E-state index contributed by atoms with van der Waals surface area (Å²) in [7, 11) is -3.70. The Hall–Kier alpha value is -2.09. The van der Waals surface area contributed by atoms with Crippen LogP contribution in [0, 0.1) is 13.8 Å². The first kappa shape index (κ1) is 17.3. The van der Waals surface area contributed by atoms with E-state index in [-0.39, 0.29) is 10.7 Å². The first-order chi connectivity index (χ1) is 10.9. The van der Waals surface area contributed by atoms with Crippen LogP contribution in [0.5, 0.6) is 0 Å². The molecule has 3 N–H and O–H groups in total. The predicted molar refractivity (Wildman–Crippen MR) is 91.1 cm³/mol. The minimum absolute atomic E-state index is 0.168. The van der Waals surface area contributed by atoms with E-state index in [0.717, 1.165) is 18.7 Å². The molecular formula is C15H23N5O2S. The monoisotopic (exact) mass is 337 g/mol. The smallest absolute Gasteiger partial charge is 0.266 e. The van der Waals surface area contributed by atoms with Crippen molar-refractivity contribution in [3.63, 3.8) is 0 Å². The molecule has 2 aromatic rings. The summed E-state index contributed by atoms with van der Waals surface area (Å²) >= 11 is 0. The molecule has 0 aliphatic heterocycles. The van der Waals surface area contributed by atoms with E-state index in [2.05, 4.69) is 32.1 Å². The Morgan fingerprint density at radius 1 is 1.22 bits per heavy atom. The molecule has 0 unspecified atom stereocenters. The minimum Gasteiger partial charge on any atom is -0.384 e. The summed E-state index contributed by atoms with van der Waals surface area (Å²) in [5.41, 5.74) is 1.81. The fraction of sp³-hybridized carbons (Fsp3) is 0.467. The van der Waals surface area contributed by atoms with Gasteiger partial charge >= 0.3 is 0 Å². The van der Waals surface area contributed by atoms with Crippen LogP contribution in [0.25, 0.3) is 0 Å². The predicted octanol–water partition coefficient (Wildman–Crippen LogP) is 2.82. The highest BCUT2D eigenvalue weighted by atomic mass is 32.2. The zero-order chi connectivity index (χ0) is 16.9. The van der Waals surface area contributed by atoms with Crippen molar-refractivity contribution in [2.45, 2.75) is 44.9 Å². The Labute approximate surface area is 137 Å². The molecule has 2 rings (SSSR count). The average molecular weight is 337 g/mol. The quantitative estimate of drug-likeness (QED) is 0.643. The Balaban J connectivity index is 2.03. The second-order valence-electron chi connectivity index (χ2n) is 5.43. The number of rotatable bonds is 8. The summed E-state index contributed by atoms with van der Waals surface area (Å²) in [5.74, 6) is 0.282. The molecule has 2 heterocycles. The standard InChI is InChI=1S/C15H23N5O2S/c1-4-5-6-9-16-13-7-8-14(17-10-13)20-23(21,22)15-11(2)18-19-12(15)3/h7-8,10,16H,4-6,9H2,1-3H3,(H,17,20)(H,18,19). The van der Waals surface area contributed by atoms with E-state index in [9.17, 15) is 8.42 Å². The van der Waals surface area contributed by atoms with Gasteiger partial charge in [0.05, 0.1) is 23.3 Å². The van der Waals surface area contributed by atoms with Crippen molar-refractivity contribution in [1.29, 1.82) is 0 Å². The largest absolute Gasteiger partial charge is 0.384 e. The summed E-state index contributed by atoms with van der Waals surface area (Å²) in [6.07, 6.45) is 5.08. The molecule has 0 aromatic carbocycles. The molecule has 0 spiro atoms. The van der Waals surface area contributed by atoms with Crippen molar-refractivity contribution in [2.24, 2.45) is 0 Å². The molecule has 0 aliphatic carbocycles. The highest BCUT2D eigenvalue weighted by Gasteiger charge is 2.22. The second kappa shape index (κ2) is 7.45. The molecular weight excluding hydrogens is 314 g/mol. The van der Waals surface area contributed by atoms with Gasteiger partial charge in [0.15, 0.2) is 0 Å². The molecule has 7 nitrogen and oxygen atoms in total. The van der Waals surface area contributed by atoms with Crippen LogP contribution in [0.15, 0.2) is 23.2 Å². The number of aromatic amines is 1. The van der Waals surface area contributed by atoms with E-state index in [4.69, 9.17) is 0 Å². The van der Waals surface area contributed by atoms with Crippen LogP contribution in [-0.2, 0) is 10.0 Å². The zero-order valence-corrected chi connectivity index (χ0v) is 14.5. The molecule has 0 saturated carbocycles. The molecule has 0 saturated heterocycles. The lowest BCUT2D eigenvalue weighted by molar-refractivity contribution is 0.600. The molecule has 0 aliphatic rings. The number of H-pyrrole nitrogens is 1. The molecule has 0 fully saturated rings. The zero-order valence-electron chi connectivity index (χ0n) is 13.7. The molecule has 0 bridgehead atoms. The first-order valence-corrected chi connectivity index (χ1v) is 9.16. The highest BCUT2D eigenvalue weighted by molar-refractivity contribution is 7.92. The highest BCUT2D eigenvalue weighted by Crippen LogP contribution is 2.20. The van der Waals surface area contributed by atoms with Crippen LogP contribution < -0.4 is 10.0 Å². The van der Waals surface area contributed by atoms with Crippen LogP contribution in [0.2, 0.25) is 0 Å². The summed E-state index contributed by atoms with van der Waals surface area (Å²) < 4.78 is 27.3. The van der Waals surface area contributed by atoms with Gasteiger partial charge in [-0.3, -0.25) is 9.82 Å². The Bertz CT molecular complexity index is 718. The normalized spacial score (nSPS) is 11.4. The number of aromatic nitrogens is 3. The van der Waals surface area contributed by atoms with E-state index in [1.807, 2.05) is 6.07 Å². The van der Waals surface area contributed by atoms with Crippen molar-refractivity contribution in [3.8, 4) is 0 Å². The second-order valence-corrected chi connectivity index (χ2v) is 7.05. The number of unbranched alkanes of at least 4 members (excludes halogenated alkanes) is 2. The number of aryl methyl sites for hydroxylation is 2. The molecule has 0 amide bonds. The Morgan fingerprint density at radius 3 is 2.57 bits per heavy atom. The molecule has 126 valence electrons. The van der Waals surface area contributed by atoms with Gasteiger partial charge in [-0.05, 0) is 32.4 Å². The van der Waals surface area contributed by atoms with Gasteiger partial charge in [0, 0.05) is 6.54 Å². The Morgan fingerprint density at radius 2 is 2.00 bits per heavy atom. The lowest BCUT2D eigenvalue weighted by Crippen LogP contribution is -2.15. The average Bonchev–Trinajstić information content (AvgIpc) is 2.85. The van der Waals surface area contributed by atoms with Crippen LogP contribution in [-0.4, -0.2) is 30.1 Å². The van der Waals surface area contributed by atoms with E-state index >= 15 is 0 Å². The minimum atomic E-state index is -3.70. The maximum Gasteiger partial charge on any atom is 0.266 e. The van der Waals surface area contributed by atoms with Gasteiger partial charge in [-0.15, -0.1) is 0 Å². The number of nitrogens with one attached hydrogen (secondary N) is 3. The third-order valence-electron chi connectivity index (χ3n) is 3.44. The van der Waals surface area contributed by atoms with Gasteiger partial charge in [0.25, 0.3) is 10.0 Å². The summed E-state index contributed by atoms with van der Waals surface area (Å²) in [5, 5.41) is 9.84. The molecule has 0 radical (unpaired) electrons. The first-order valence-electron chi connectivity index (χ1n) is 7.68. The maximum atomic E-state index is 12.4. The van der Waals surface area contributed by atoms with Crippen molar-refractivity contribution in [1.82, 2.24) is 15.2 Å². The fourth-order valence-electron chi connectivity index (χ4n) is 2.29. The third-order valence-corrected chi connectivity index (χ3v) is 5.06. The van der Waals surface area contributed by atoms with E-state index in [0.29, 0.717) is 11.4 Å². The SMILES string of the molecule is CCCCCNc1ccc(NS(=O)(=O)c2c(C)n[nH]c2C)nc1. The van der Waals surface area contributed by atoms with Crippen LogP contribution in [0.4, 0.5) is 11.5 Å². The number of hydrogen-bond donors (Lipinski definition) is 3. The lowest BCUT2D eigenvalue weighted by atomic mass is 10.2. The molecule has 8 heteroatoms. The van der Waals surface area contributed by atoms with Gasteiger partial charge in [-0.1, -0.05) is 19.8 Å². The van der Waals surface area contributed by atoms with Crippen molar-refractivity contribution >= 4 is 21.5 Å². The summed E-state index contributed by atoms with van der Waals surface area (Å²) in [4.78, 5) is 4.32. The van der Waals surface area contributed by atoms with Crippen molar-refractivity contribution in [3.05, 3.63) is 29.7 Å². The molecule has 2 aromatic heterocycles. The summed E-state index contributed by atoms with van der Waals surface area (Å²) in [6.45, 7) is 6.36. The van der Waals surface area contributed by atoms with Crippen LogP contribution >= 0.6 is 0 Å². The number of sulfonamides is 1. The number of nitrogens with zero attached hydrogens (tertiary/aromatic N) is 2. The number of pyridine rings is 1. The van der Waals surface area contributed by atoms with E-state index in [1.54, 1.807) is 26.1 Å². The van der Waals surface area contributed by atoms with Gasteiger partial charge in [0.2, 0.25) is 0 Å². The number of hydrogen-bond acceptors (Lipinski definition) is 5. The van der Waals surface area contributed by atoms with Gasteiger partial charge in [0.1, 0.15) is 10.7 Å². The topological polar surface area (TPSA) is 99.8 Å².